The lowest BCUT2D eigenvalue weighted by Crippen LogP contribution is -2.16. The molecule has 0 radical (unpaired) electrons. The van der Waals surface area contributed by atoms with Crippen molar-refractivity contribution in [1.29, 1.82) is 0 Å². The predicted octanol–water partition coefficient (Wildman–Crippen LogP) is 5.08. The monoisotopic (exact) mass is 370 g/mol. The van der Waals surface area contributed by atoms with Gasteiger partial charge in [-0.15, -0.1) is 0 Å². The van der Waals surface area contributed by atoms with Crippen molar-refractivity contribution in [3.8, 4) is 5.75 Å². The summed E-state index contributed by atoms with van der Waals surface area (Å²) in [5.74, 6) is 0.815. The highest BCUT2D eigenvalue weighted by Crippen LogP contribution is 2.22. The lowest BCUT2D eigenvalue weighted by molar-refractivity contribution is 0.101. The highest BCUT2D eigenvalue weighted by Gasteiger charge is 2.21. The summed E-state index contributed by atoms with van der Waals surface area (Å²) in [4.78, 5) is 12.6. The Balaban J connectivity index is 1.77. The number of ether oxygens (including phenoxy) is 1. The molecular formula is C20H19ClN2O3. The average Bonchev–Trinajstić information content (AvgIpc) is 2.96. The predicted molar refractivity (Wildman–Crippen MR) is 101 cm³/mol. The number of nitrogens with one attached hydrogen (secondary N) is 1. The van der Waals surface area contributed by atoms with E-state index in [-0.39, 0.29) is 18.2 Å². The Labute approximate surface area is 156 Å². The summed E-state index contributed by atoms with van der Waals surface area (Å²) in [5, 5.41) is 7.35. The third kappa shape index (κ3) is 4.06. The molecule has 1 aromatic heterocycles. The zero-order valence-corrected chi connectivity index (χ0v) is 15.6. The first kappa shape index (κ1) is 18.0. The van der Waals surface area contributed by atoms with E-state index in [2.05, 4.69) is 10.5 Å². The van der Waals surface area contributed by atoms with Gasteiger partial charge in [0.2, 0.25) is 0 Å². The molecule has 0 saturated carbocycles. The normalized spacial score (nSPS) is 10.6. The minimum atomic E-state index is -0.335. The first-order valence-corrected chi connectivity index (χ1v) is 8.54. The molecule has 0 fully saturated rings. The van der Waals surface area contributed by atoms with E-state index in [4.69, 9.17) is 20.9 Å². The number of rotatable bonds is 5. The quantitative estimate of drug-likeness (QED) is 0.679. The van der Waals surface area contributed by atoms with E-state index in [1.807, 2.05) is 32.0 Å². The number of carbonyl (C=O) groups excluding carboxylic acids is 1. The maximum absolute atomic E-state index is 12.6. The van der Waals surface area contributed by atoms with E-state index in [0.717, 1.165) is 16.8 Å². The van der Waals surface area contributed by atoms with Crippen molar-refractivity contribution >= 4 is 23.2 Å². The van der Waals surface area contributed by atoms with E-state index >= 15 is 0 Å². The first-order valence-electron chi connectivity index (χ1n) is 8.16. The highest BCUT2D eigenvalue weighted by atomic mass is 35.5. The molecule has 5 nitrogen and oxygen atoms in total. The van der Waals surface area contributed by atoms with Gasteiger partial charge in [0, 0.05) is 10.7 Å². The Morgan fingerprint density at radius 2 is 2.00 bits per heavy atom. The number of anilines is 1. The lowest BCUT2D eigenvalue weighted by atomic mass is 10.1. The van der Waals surface area contributed by atoms with Crippen LogP contribution in [-0.4, -0.2) is 11.1 Å². The van der Waals surface area contributed by atoms with Crippen LogP contribution in [0.1, 0.15) is 32.9 Å². The Bertz CT molecular complexity index is 950. The minimum Gasteiger partial charge on any atom is -0.489 e. The van der Waals surface area contributed by atoms with Gasteiger partial charge in [0.25, 0.3) is 5.91 Å². The number of benzene rings is 2. The summed E-state index contributed by atoms with van der Waals surface area (Å²) in [6.45, 7) is 5.85. The Hall–Kier alpha value is -2.79. The van der Waals surface area contributed by atoms with Crippen molar-refractivity contribution in [2.45, 2.75) is 27.4 Å². The summed E-state index contributed by atoms with van der Waals surface area (Å²) in [5.41, 5.74) is 3.67. The smallest absolute Gasteiger partial charge is 0.278 e. The standard InChI is InChI=1S/C20H19ClN2O3/c1-12-7-8-18(13(2)9-12)22-20(24)19-17(14(3)26-23-19)11-25-16-6-4-5-15(21)10-16/h4-10H,11H2,1-3H3,(H,22,24). The van der Waals surface area contributed by atoms with Crippen LogP contribution in [0.25, 0.3) is 0 Å². The Kier molecular flexibility index (Phi) is 5.28. The molecule has 0 atom stereocenters. The number of aryl methyl sites for hydroxylation is 3. The van der Waals surface area contributed by atoms with Crippen molar-refractivity contribution in [2.24, 2.45) is 0 Å². The van der Waals surface area contributed by atoms with Gasteiger partial charge in [-0.2, -0.15) is 0 Å². The second kappa shape index (κ2) is 7.62. The molecule has 26 heavy (non-hydrogen) atoms. The third-order valence-electron chi connectivity index (χ3n) is 4.01. The average molecular weight is 371 g/mol. The van der Waals surface area contributed by atoms with Crippen LogP contribution in [0.2, 0.25) is 5.02 Å². The van der Waals surface area contributed by atoms with Crippen molar-refractivity contribution < 1.29 is 14.1 Å². The van der Waals surface area contributed by atoms with Gasteiger partial charge in [0.1, 0.15) is 18.1 Å². The molecule has 134 valence electrons. The number of nitrogens with zero attached hydrogens (tertiary/aromatic N) is 1. The molecule has 0 saturated heterocycles. The molecule has 0 bridgehead atoms. The largest absolute Gasteiger partial charge is 0.489 e. The molecule has 2 aromatic carbocycles. The van der Waals surface area contributed by atoms with E-state index < -0.39 is 0 Å². The fourth-order valence-electron chi connectivity index (χ4n) is 2.59. The van der Waals surface area contributed by atoms with Crippen LogP contribution in [0, 0.1) is 20.8 Å². The molecule has 0 aliphatic carbocycles. The maximum Gasteiger partial charge on any atom is 0.278 e. The minimum absolute atomic E-state index is 0.158. The number of hydrogen-bond acceptors (Lipinski definition) is 4. The van der Waals surface area contributed by atoms with Crippen LogP contribution in [0.15, 0.2) is 47.0 Å². The van der Waals surface area contributed by atoms with Crippen LogP contribution in [0.3, 0.4) is 0 Å². The summed E-state index contributed by atoms with van der Waals surface area (Å²) >= 11 is 5.96. The molecule has 0 aliphatic heterocycles. The molecule has 0 spiro atoms. The maximum atomic E-state index is 12.6. The van der Waals surface area contributed by atoms with Crippen LogP contribution < -0.4 is 10.1 Å². The van der Waals surface area contributed by atoms with Crippen LogP contribution in [-0.2, 0) is 6.61 Å². The molecule has 3 aromatic rings. The fourth-order valence-corrected chi connectivity index (χ4v) is 2.77. The zero-order valence-electron chi connectivity index (χ0n) is 14.8. The second-order valence-electron chi connectivity index (χ2n) is 6.08. The summed E-state index contributed by atoms with van der Waals surface area (Å²) < 4.78 is 10.9. The Morgan fingerprint density at radius 3 is 2.73 bits per heavy atom. The molecule has 0 aliphatic rings. The zero-order chi connectivity index (χ0) is 18.7. The van der Waals surface area contributed by atoms with E-state index in [1.54, 1.807) is 31.2 Å². The molecule has 0 unspecified atom stereocenters. The topological polar surface area (TPSA) is 64.4 Å². The number of carbonyl (C=O) groups is 1. The highest BCUT2D eigenvalue weighted by molar-refractivity contribution is 6.30. The van der Waals surface area contributed by atoms with Gasteiger partial charge >= 0.3 is 0 Å². The van der Waals surface area contributed by atoms with Crippen molar-refractivity contribution in [1.82, 2.24) is 5.16 Å². The van der Waals surface area contributed by atoms with Gasteiger partial charge in [-0.3, -0.25) is 4.79 Å². The van der Waals surface area contributed by atoms with Crippen molar-refractivity contribution in [2.75, 3.05) is 5.32 Å². The van der Waals surface area contributed by atoms with Gasteiger partial charge < -0.3 is 14.6 Å². The van der Waals surface area contributed by atoms with Gasteiger partial charge in [-0.05, 0) is 50.6 Å². The third-order valence-corrected chi connectivity index (χ3v) is 4.24. The number of amides is 1. The molecule has 6 heteroatoms. The SMILES string of the molecule is Cc1ccc(NC(=O)c2noc(C)c2COc2cccc(Cl)c2)c(C)c1. The van der Waals surface area contributed by atoms with Gasteiger partial charge in [-0.25, -0.2) is 0 Å². The van der Waals surface area contributed by atoms with Crippen LogP contribution >= 0.6 is 11.6 Å². The van der Waals surface area contributed by atoms with Gasteiger partial charge in [0.05, 0.1) is 5.56 Å². The summed E-state index contributed by atoms with van der Waals surface area (Å²) in [6, 6.07) is 12.9. The lowest BCUT2D eigenvalue weighted by Gasteiger charge is -2.09. The summed E-state index contributed by atoms with van der Waals surface area (Å²) in [7, 11) is 0. The number of halogens is 1. The molecule has 1 heterocycles. The van der Waals surface area contributed by atoms with Crippen LogP contribution in [0.4, 0.5) is 5.69 Å². The van der Waals surface area contributed by atoms with Crippen LogP contribution in [0.5, 0.6) is 5.75 Å². The number of hydrogen-bond donors (Lipinski definition) is 1. The molecule has 1 amide bonds. The fraction of sp³-hybridized carbons (Fsp3) is 0.200. The number of aromatic nitrogens is 1. The molecule has 3 rings (SSSR count). The first-order chi connectivity index (χ1) is 12.4. The molecule has 1 N–H and O–H groups in total. The summed E-state index contributed by atoms with van der Waals surface area (Å²) in [6.07, 6.45) is 0. The van der Waals surface area contributed by atoms with Crippen molar-refractivity contribution in [3.05, 3.63) is 75.6 Å². The van der Waals surface area contributed by atoms with Gasteiger partial charge in [0.15, 0.2) is 5.69 Å². The second-order valence-corrected chi connectivity index (χ2v) is 6.52. The van der Waals surface area contributed by atoms with E-state index in [0.29, 0.717) is 22.1 Å². The molecular weight excluding hydrogens is 352 g/mol. The van der Waals surface area contributed by atoms with Gasteiger partial charge in [-0.1, -0.05) is 40.5 Å². The van der Waals surface area contributed by atoms with Crippen molar-refractivity contribution in [3.63, 3.8) is 0 Å². The van der Waals surface area contributed by atoms with E-state index in [9.17, 15) is 4.79 Å². The van der Waals surface area contributed by atoms with E-state index in [1.165, 1.54) is 0 Å². The Morgan fingerprint density at radius 1 is 1.19 bits per heavy atom.